The van der Waals surface area contributed by atoms with E-state index in [1.54, 1.807) is 0 Å². The first kappa shape index (κ1) is 17.1. The number of nitrogens with zero attached hydrogens (tertiary/aromatic N) is 5. The Labute approximate surface area is 140 Å². The molecule has 1 N–H and O–H groups in total. The van der Waals surface area contributed by atoms with Gasteiger partial charge in [-0.2, -0.15) is 10.2 Å². The van der Waals surface area contributed by atoms with Crippen LogP contribution in [0, 0.1) is 17.0 Å². The first-order chi connectivity index (χ1) is 11.0. The molecule has 0 aliphatic heterocycles. The summed E-state index contributed by atoms with van der Waals surface area (Å²) in [6.07, 6.45) is 5.38. The molecular formula is C13H17BrN6O3. The average molecular weight is 385 g/mol. The van der Waals surface area contributed by atoms with Crippen molar-refractivity contribution in [3.05, 3.63) is 38.9 Å². The monoisotopic (exact) mass is 384 g/mol. The maximum atomic E-state index is 11.7. The van der Waals surface area contributed by atoms with Gasteiger partial charge in [0.1, 0.15) is 12.4 Å². The van der Waals surface area contributed by atoms with E-state index in [9.17, 15) is 14.9 Å². The van der Waals surface area contributed by atoms with Gasteiger partial charge in [-0.3, -0.25) is 24.3 Å². The Balaban J connectivity index is 1.64. The maximum Gasteiger partial charge on any atom is 0.306 e. The van der Waals surface area contributed by atoms with Gasteiger partial charge in [0, 0.05) is 32.3 Å². The molecule has 2 aromatic rings. The standard InChI is InChI=1S/C13H17BrN6O3/c1-10-12(14)9-19(17-10)5-2-4-15-13(21)3-6-18-8-11(7-16-18)20(22)23/h7-9H,2-6H2,1H3,(H,15,21). The van der Waals surface area contributed by atoms with Crippen LogP contribution in [0.1, 0.15) is 18.5 Å². The van der Waals surface area contributed by atoms with Crippen LogP contribution < -0.4 is 5.32 Å². The van der Waals surface area contributed by atoms with Crippen LogP contribution in [0.3, 0.4) is 0 Å². The third-order valence-corrected chi connectivity index (χ3v) is 3.95. The van der Waals surface area contributed by atoms with Crippen molar-refractivity contribution in [2.45, 2.75) is 32.9 Å². The van der Waals surface area contributed by atoms with Crippen LogP contribution in [0.4, 0.5) is 5.69 Å². The Kier molecular flexibility index (Phi) is 5.85. The molecule has 0 unspecified atom stereocenters. The SMILES string of the molecule is Cc1nn(CCCNC(=O)CCn2cc([N+](=O)[O-])cn2)cc1Br. The van der Waals surface area contributed by atoms with Gasteiger partial charge in [0.05, 0.1) is 15.1 Å². The van der Waals surface area contributed by atoms with Crippen molar-refractivity contribution >= 4 is 27.5 Å². The lowest BCUT2D eigenvalue weighted by Crippen LogP contribution is -2.26. The molecule has 0 spiro atoms. The van der Waals surface area contributed by atoms with Crippen LogP contribution in [0.15, 0.2) is 23.1 Å². The van der Waals surface area contributed by atoms with Gasteiger partial charge in [0.25, 0.3) is 0 Å². The summed E-state index contributed by atoms with van der Waals surface area (Å²) in [6.45, 7) is 3.50. The van der Waals surface area contributed by atoms with Crippen molar-refractivity contribution in [3.63, 3.8) is 0 Å². The summed E-state index contributed by atoms with van der Waals surface area (Å²) < 4.78 is 4.19. The zero-order valence-corrected chi connectivity index (χ0v) is 14.2. The van der Waals surface area contributed by atoms with E-state index in [2.05, 4.69) is 31.4 Å². The van der Waals surface area contributed by atoms with Gasteiger partial charge in [-0.25, -0.2) is 0 Å². The molecule has 2 rings (SSSR count). The maximum absolute atomic E-state index is 11.7. The highest BCUT2D eigenvalue weighted by Gasteiger charge is 2.09. The molecule has 0 atom stereocenters. The van der Waals surface area contributed by atoms with Gasteiger partial charge in [-0.15, -0.1) is 0 Å². The van der Waals surface area contributed by atoms with E-state index in [1.165, 1.54) is 17.1 Å². The van der Waals surface area contributed by atoms with E-state index in [1.807, 2.05) is 17.8 Å². The van der Waals surface area contributed by atoms with Gasteiger partial charge >= 0.3 is 5.69 Å². The second kappa shape index (κ2) is 7.86. The number of carbonyl (C=O) groups is 1. The van der Waals surface area contributed by atoms with Crippen LogP contribution in [0.25, 0.3) is 0 Å². The van der Waals surface area contributed by atoms with Crippen molar-refractivity contribution in [2.75, 3.05) is 6.54 Å². The third-order valence-electron chi connectivity index (χ3n) is 3.17. The number of aromatic nitrogens is 4. The first-order valence-corrected chi connectivity index (χ1v) is 7.88. The van der Waals surface area contributed by atoms with Crippen molar-refractivity contribution in [2.24, 2.45) is 0 Å². The van der Waals surface area contributed by atoms with E-state index in [-0.39, 0.29) is 18.0 Å². The van der Waals surface area contributed by atoms with Gasteiger partial charge in [0.15, 0.2) is 0 Å². The number of hydrogen-bond acceptors (Lipinski definition) is 5. The molecule has 0 saturated heterocycles. The number of carbonyl (C=O) groups excluding carboxylic acids is 1. The Morgan fingerprint density at radius 1 is 1.39 bits per heavy atom. The normalized spacial score (nSPS) is 10.7. The lowest BCUT2D eigenvalue weighted by atomic mass is 10.3. The molecular weight excluding hydrogens is 368 g/mol. The smallest absolute Gasteiger partial charge is 0.306 e. The minimum absolute atomic E-state index is 0.0777. The van der Waals surface area contributed by atoms with Gasteiger partial charge < -0.3 is 5.32 Å². The summed E-state index contributed by atoms with van der Waals surface area (Å²) in [5, 5.41) is 21.5. The highest BCUT2D eigenvalue weighted by molar-refractivity contribution is 9.10. The molecule has 124 valence electrons. The molecule has 0 aliphatic carbocycles. The molecule has 0 aliphatic rings. The Hall–Kier alpha value is -2.23. The van der Waals surface area contributed by atoms with E-state index in [0.717, 1.165) is 23.1 Å². The first-order valence-electron chi connectivity index (χ1n) is 7.09. The van der Waals surface area contributed by atoms with Crippen LogP contribution >= 0.6 is 15.9 Å². The lowest BCUT2D eigenvalue weighted by molar-refractivity contribution is -0.385. The number of nitro groups is 1. The number of rotatable bonds is 8. The number of amides is 1. The van der Waals surface area contributed by atoms with Crippen LogP contribution in [-0.4, -0.2) is 36.9 Å². The molecule has 0 fully saturated rings. The molecule has 10 heteroatoms. The summed E-state index contributed by atoms with van der Waals surface area (Å²) in [6, 6.07) is 0. The van der Waals surface area contributed by atoms with Crippen molar-refractivity contribution < 1.29 is 9.72 Å². The molecule has 9 nitrogen and oxygen atoms in total. The predicted octanol–water partition coefficient (Wildman–Crippen LogP) is 1.66. The van der Waals surface area contributed by atoms with E-state index >= 15 is 0 Å². The molecule has 23 heavy (non-hydrogen) atoms. The molecule has 2 aromatic heterocycles. The van der Waals surface area contributed by atoms with Crippen molar-refractivity contribution in [1.82, 2.24) is 24.9 Å². The largest absolute Gasteiger partial charge is 0.356 e. The predicted molar refractivity (Wildman–Crippen MR) is 85.8 cm³/mol. The fraction of sp³-hybridized carbons (Fsp3) is 0.462. The zero-order valence-electron chi connectivity index (χ0n) is 12.6. The fourth-order valence-corrected chi connectivity index (χ4v) is 2.27. The second-order valence-electron chi connectivity index (χ2n) is 5.00. The fourth-order valence-electron chi connectivity index (χ4n) is 1.95. The molecule has 1 amide bonds. The van der Waals surface area contributed by atoms with E-state index in [4.69, 9.17) is 0 Å². The minimum atomic E-state index is -0.515. The molecule has 0 radical (unpaired) electrons. The van der Waals surface area contributed by atoms with Crippen LogP contribution in [-0.2, 0) is 17.9 Å². The number of halogens is 1. The van der Waals surface area contributed by atoms with Crippen molar-refractivity contribution in [1.29, 1.82) is 0 Å². The third kappa shape index (κ3) is 5.16. The highest BCUT2D eigenvalue weighted by Crippen LogP contribution is 2.13. The van der Waals surface area contributed by atoms with Crippen molar-refractivity contribution in [3.8, 4) is 0 Å². The van der Waals surface area contributed by atoms with Gasteiger partial charge in [0.2, 0.25) is 5.91 Å². The lowest BCUT2D eigenvalue weighted by Gasteiger charge is -2.05. The Bertz CT molecular complexity index is 676. The molecule has 0 bridgehead atoms. The molecule has 0 saturated carbocycles. The summed E-state index contributed by atoms with van der Waals surface area (Å²) >= 11 is 3.40. The zero-order chi connectivity index (χ0) is 16.8. The quantitative estimate of drug-likeness (QED) is 0.422. The topological polar surface area (TPSA) is 108 Å². The summed E-state index contributed by atoms with van der Waals surface area (Å²) in [5.74, 6) is -0.110. The van der Waals surface area contributed by atoms with E-state index < -0.39 is 4.92 Å². The van der Waals surface area contributed by atoms with Gasteiger partial charge in [-0.05, 0) is 29.3 Å². The highest BCUT2D eigenvalue weighted by atomic mass is 79.9. The minimum Gasteiger partial charge on any atom is -0.356 e. The number of nitrogens with one attached hydrogen (secondary N) is 1. The summed E-state index contributed by atoms with van der Waals surface area (Å²) in [5.41, 5.74) is 0.855. The Morgan fingerprint density at radius 3 is 2.78 bits per heavy atom. The number of aryl methyl sites for hydroxylation is 3. The summed E-state index contributed by atoms with van der Waals surface area (Å²) in [7, 11) is 0. The number of hydrogen-bond donors (Lipinski definition) is 1. The molecule has 0 aromatic carbocycles. The Morgan fingerprint density at radius 2 is 2.17 bits per heavy atom. The molecule has 2 heterocycles. The second-order valence-corrected chi connectivity index (χ2v) is 5.85. The van der Waals surface area contributed by atoms with Crippen LogP contribution in [0.5, 0.6) is 0 Å². The van der Waals surface area contributed by atoms with Gasteiger partial charge in [-0.1, -0.05) is 0 Å². The average Bonchev–Trinajstić information content (AvgIpc) is 3.09. The van der Waals surface area contributed by atoms with Crippen LogP contribution in [0.2, 0.25) is 0 Å². The summed E-state index contributed by atoms with van der Waals surface area (Å²) in [4.78, 5) is 21.7. The van der Waals surface area contributed by atoms with E-state index in [0.29, 0.717) is 13.1 Å².